The minimum absolute atomic E-state index is 0.324. The molecule has 0 radical (unpaired) electrons. The molecule has 2 N–H and O–H groups in total. The summed E-state index contributed by atoms with van der Waals surface area (Å²) in [5, 5.41) is 5.09. The molecule has 26 heavy (non-hydrogen) atoms. The van der Waals surface area contributed by atoms with Crippen molar-refractivity contribution in [2.75, 3.05) is 18.0 Å². The fraction of sp³-hybridized carbons (Fsp3) is 0.444. The highest BCUT2D eigenvalue weighted by Gasteiger charge is 2.44. The predicted molar refractivity (Wildman–Crippen MR) is 96.5 cm³/mol. The molecule has 0 unspecified atom stereocenters. The molecule has 1 aromatic rings. The van der Waals surface area contributed by atoms with Crippen LogP contribution in [0.25, 0.3) is 0 Å². The van der Waals surface area contributed by atoms with Crippen LogP contribution < -0.4 is 15.5 Å². The topological polar surface area (TPSA) is 98.8 Å². The Morgan fingerprint density at radius 1 is 1.19 bits per heavy atom. The van der Waals surface area contributed by atoms with Crippen molar-refractivity contribution in [3.05, 3.63) is 29.8 Å². The average molecular weight is 360 g/mol. The molecule has 0 aliphatic carbocycles. The van der Waals surface area contributed by atoms with Gasteiger partial charge in [-0.1, -0.05) is 17.7 Å². The third-order valence-corrected chi connectivity index (χ3v) is 4.18. The summed E-state index contributed by atoms with van der Waals surface area (Å²) in [7, 11) is 0. The number of carbonyl (C=O) groups is 4. The molecule has 0 aromatic heterocycles. The van der Waals surface area contributed by atoms with Crippen LogP contribution in [-0.2, 0) is 14.4 Å². The molecule has 0 spiro atoms. The lowest BCUT2D eigenvalue weighted by atomic mass is 10.2. The SMILES string of the molecule is CCNC(=O)[C@H](C)NC(=O)CN1C(=O)[C@H](C)N(c2ccc(C)cc2)C1=O. The number of anilines is 1. The number of nitrogens with zero attached hydrogens (tertiary/aromatic N) is 2. The number of benzene rings is 1. The molecule has 2 rings (SSSR count). The highest BCUT2D eigenvalue weighted by molar-refractivity contribution is 6.15. The number of hydrogen-bond donors (Lipinski definition) is 2. The van der Waals surface area contributed by atoms with Crippen molar-refractivity contribution in [1.29, 1.82) is 0 Å². The smallest absolute Gasteiger partial charge is 0.332 e. The van der Waals surface area contributed by atoms with Crippen LogP contribution >= 0.6 is 0 Å². The van der Waals surface area contributed by atoms with E-state index in [1.54, 1.807) is 26.0 Å². The molecule has 1 fully saturated rings. The largest absolute Gasteiger partial charge is 0.355 e. The normalized spacial score (nSPS) is 18.1. The van der Waals surface area contributed by atoms with Crippen molar-refractivity contribution in [1.82, 2.24) is 15.5 Å². The number of urea groups is 1. The van der Waals surface area contributed by atoms with Crippen LogP contribution in [0.4, 0.5) is 10.5 Å². The van der Waals surface area contributed by atoms with Crippen molar-refractivity contribution in [2.24, 2.45) is 0 Å². The summed E-state index contributed by atoms with van der Waals surface area (Å²) >= 11 is 0. The van der Waals surface area contributed by atoms with Crippen molar-refractivity contribution in [3.63, 3.8) is 0 Å². The van der Waals surface area contributed by atoms with E-state index >= 15 is 0 Å². The molecule has 8 heteroatoms. The summed E-state index contributed by atoms with van der Waals surface area (Å²) in [5.74, 6) is -1.34. The number of imide groups is 1. The van der Waals surface area contributed by atoms with Crippen LogP contribution in [0.2, 0.25) is 0 Å². The Morgan fingerprint density at radius 2 is 1.81 bits per heavy atom. The Bertz CT molecular complexity index is 716. The highest BCUT2D eigenvalue weighted by atomic mass is 16.2. The van der Waals surface area contributed by atoms with Gasteiger partial charge in [0.2, 0.25) is 11.8 Å². The van der Waals surface area contributed by atoms with Crippen LogP contribution in [0.3, 0.4) is 0 Å². The number of nitrogens with one attached hydrogen (secondary N) is 2. The van der Waals surface area contributed by atoms with Gasteiger partial charge in [-0.05, 0) is 39.8 Å². The first-order valence-corrected chi connectivity index (χ1v) is 8.54. The standard InChI is InChI=1S/C18H24N4O4/c1-5-19-16(24)12(3)20-15(23)10-21-17(25)13(4)22(18(21)26)14-8-6-11(2)7-9-14/h6-9,12-13H,5,10H2,1-4H3,(H,19,24)(H,20,23)/t12-,13-/m0/s1. The molecule has 0 saturated carbocycles. The van der Waals surface area contributed by atoms with Crippen molar-refractivity contribution in [3.8, 4) is 0 Å². The van der Waals surface area contributed by atoms with Gasteiger partial charge in [0.15, 0.2) is 0 Å². The summed E-state index contributed by atoms with van der Waals surface area (Å²) in [6.07, 6.45) is 0. The summed E-state index contributed by atoms with van der Waals surface area (Å²) in [6.45, 7) is 6.89. The van der Waals surface area contributed by atoms with Gasteiger partial charge in [-0.25, -0.2) is 4.79 Å². The number of amides is 5. The Labute approximate surface area is 152 Å². The second-order valence-electron chi connectivity index (χ2n) is 6.27. The zero-order valence-electron chi connectivity index (χ0n) is 15.4. The minimum atomic E-state index is -0.749. The Kier molecular flexibility index (Phi) is 5.97. The molecular weight excluding hydrogens is 336 g/mol. The van der Waals surface area contributed by atoms with E-state index in [2.05, 4.69) is 10.6 Å². The molecule has 2 atom stereocenters. The number of likely N-dealkylation sites (N-methyl/N-ethyl adjacent to an activating group) is 1. The van der Waals surface area contributed by atoms with Gasteiger partial charge in [-0.2, -0.15) is 0 Å². The van der Waals surface area contributed by atoms with Crippen molar-refractivity contribution in [2.45, 2.75) is 39.8 Å². The lowest BCUT2D eigenvalue weighted by Crippen LogP contribution is -2.49. The van der Waals surface area contributed by atoms with Gasteiger partial charge in [-0.3, -0.25) is 24.2 Å². The summed E-state index contributed by atoms with van der Waals surface area (Å²) < 4.78 is 0. The molecule has 1 aliphatic heterocycles. The second-order valence-corrected chi connectivity index (χ2v) is 6.27. The number of rotatable bonds is 6. The Hall–Kier alpha value is -2.90. The summed E-state index contributed by atoms with van der Waals surface area (Å²) in [5.41, 5.74) is 1.63. The molecule has 5 amide bonds. The number of carbonyl (C=O) groups excluding carboxylic acids is 4. The van der Waals surface area contributed by atoms with Gasteiger partial charge >= 0.3 is 6.03 Å². The molecule has 140 valence electrons. The van der Waals surface area contributed by atoms with Crippen LogP contribution in [0.5, 0.6) is 0 Å². The summed E-state index contributed by atoms with van der Waals surface area (Å²) in [6, 6.07) is 5.23. The molecular formula is C18H24N4O4. The van der Waals surface area contributed by atoms with E-state index in [0.717, 1.165) is 10.5 Å². The molecule has 1 saturated heterocycles. The minimum Gasteiger partial charge on any atom is -0.355 e. The summed E-state index contributed by atoms with van der Waals surface area (Å²) in [4.78, 5) is 51.2. The van der Waals surface area contributed by atoms with E-state index in [1.165, 1.54) is 11.8 Å². The predicted octanol–water partition coefficient (Wildman–Crippen LogP) is 0.793. The lowest BCUT2D eigenvalue weighted by molar-refractivity contribution is -0.133. The quantitative estimate of drug-likeness (QED) is 0.733. The fourth-order valence-corrected chi connectivity index (χ4v) is 2.73. The van der Waals surface area contributed by atoms with Gasteiger partial charge in [0.05, 0.1) is 0 Å². The lowest BCUT2D eigenvalue weighted by Gasteiger charge is -2.20. The fourth-order valence-electron chi connectivity index (χ4n) is 2.73. The van der Waals surface area contributed by atoms with Gasteiger partial charge in [0.1, 0.15) is 18.6 Å². The van der Waals surface area contributed by atoms with E-state index in [9.17, 15) is 19.2 Å². The maximum Gasteiger partial charge on any atom is 0.332 e. The third-order valence-electron chi connectivity index (χ3n) is 4.18. The molecule has 0 bridgehead atoms. The third kappa shape index (κ3) is 4.01. The van der Waals surface area contributed by atoms with E-state index in [0.29, 0.717) is 12.2 Å². The van der Waals surface area contributed by atoms with Gasteiger partial charge in [-0.15, -0.1) is 0 Å². The Balaban J connectivity index is 2.07. The van der Waals surface area contributed by atoms with Gasteiger partial charge in [0, 0.05) is 12.2 Å². The second kappa shape index (κ2) is 7.99. The molecule has 1 heterocycles. The van der Waals surface area contributed by atoms with Gasteiger partial charge in [0.25, 0.3) is 5.91 Å². The van der Waals surface area contributed by atoms with Crippen LogP contribution in [0.15, 0.2) is 24.3 Å². The Morgan fingerprint density at radius 3 is 2.38 bits per heavy atom. The first-order chi connectivity index (χ1) is 12.3. The average Bonchev–Trinajstić information content (AvgIpc) is 2.79. The maximum absolute atomic E-state index is 12.6. The van der Waals surface area contributed by atoms with Crippen LogP contribution in [0.1, 0.15) is 26.3 Å². The zero-order valence-corrected chi connectivity index (χ0v) is 15.4. The van der Waals surface area contributed by atoms with E-state index in [4.69, 9.17) is 0 Å². The first-order valence-electron chi connectivity index (χ1n) is 8.54. The molecule has 1 aromatic carbocycles. The van der Waals surface area contributed by atoms with Gasteiger partial charge < -0.3 is 10.6 Å². The number of hydrogen-bond acceptors (Lipinski definition) is 4. The van der Waals surface area contributed by atoms with Crippen molar-refractivity contribution < 1.29 is 19.2 Å². The zero-order chi connectivity index (χ0) is 19.4. The van der Waals surface area contributed by atoms with Crippen LogP contribution in [0, 0.1) is 6.92 Å². The maximum atomic E-state index is 12.6. The monoisotopic (exact) mass is 360 g/mol. The van der Waals surface area contributed by atoms with Crippen LogP contribution in [-0.4, -0.2) is 53.8 Å². The van der Waals surface area contributed by atoms with E-state index in [1.807, 2.05) is 19.1 Å². The highest BCUT2D eigenvalue weighted by Crippen LogP contribution is 2.25. The number of aryl methyl sites for hydroxylation is 1. The molecule has 1 aliphatic rings. The van der Waals surface area contributed by atoms with E-state index < -0.39 is 36.5 Å². The first kappa shape index (κ1) is 19.4. The van der Waals surface area contributed by atoms with E-state index in [-0.39, 0.29) is 5.91 Å². The van der Waals surface area contributed by atoms with Crippen molar-refractivity contribution >= 4 is 29.4 Å². The molecule has 8 nitrogen and oxygen atoms in total.